The van der Waals surface area contributed by atoms with Crippen LogP contribution in [0, 0.1) is 10.1 Å². The van der Waals surface area contributed by atoms with Crippen molar-refractivity contribution in [3.05, 3.63) is 28.3 Å². The first kappa shape index (κ1) is 15.9. The highest BCUT2D eigenvalue weighted by atomic mass is 32.2. The Bertz CT molecular complexity index is 643. The molecule has 1 atom stereocenters. The van der Waals surface area contributed by atoms with E-state index in [4.69, 9.17) is 11.5 Å². The summed E-state index contributed by atoms with van der Waals surface area (Å²) in [4.78, 5) is 20.2. The van der Waals surface area contributed by atoms with E-state index < -0.39 is 37.5 Å². The maximum Gasteiger partial charge on any atom is 0.289 e. The molecule has 9 nitrogen and oxygen atoms in total. The number of hydrogen-bond acceptors (Lipinski definition) is 6. The standard InChI is InChI=1S/C10H14N4O5S/c1-6(4-10(12)15)13-20(18,19)9-5-7(11)2-3-8(9)14(16)17/h2-3,5-6,13H,4,11H2,1H3,(H2,12,15). The van der Waals surface area contributed by atoms with E-state index >= 15 is 0 Å². The minimum atomic E-state index is -4.18. The van der Waals surface area contributed by atoms with Crippen LogP contribution in [0.15, 0.2) is 23.1 Å². The number of carbonyl (C=O) groups is 1. The third-order valence-electron chi connectivity index (χ3n) is 2.33. The van der Waals surface area contributed by atoms with Gasteiger partial charge in [0.25, 0.3) is 5.69 Å². The molecule has 0 aliphatic carbocycles. The van der Waals surface area contributed by atoms with Crippen molar-refractivity contribution in [1.29, 1.82) is 0 Å². The lowest BCUT2D eigenvalue weighted by molar-refractivity contribution is -0.387. The van der Waals surface area contributed by atoms with Crippen LogP contribution in [0.2, 0.25) is 0 Å². The molecule has 0 heterocycles. The summed E-state index contributed by atoms with van der Waals surface area (Å²) < 4.78 is 26.3. The number of amides is 1. The van der Waals surface area contributed by atoms with E-state index in [1.807, 2.05) is 0 Å². The van der Waals surface area contributed by atoms with Gasteiger partial charge in [-0.2, -0.15) is 0 Å². The van der Waals surface area contributed by atoms with Crippen LogP contribution in [0.3, 0.4) is 0 Å². The third kappa shape index (κ3) is 3.90. The zero-order valence-electron chi connectivity index (χ0n) is 10.6. The molecule has 10 heteroatoms. The van der Waals surface area contributed by atoms with Crippen LogP contribution < -0.4 is 16.2 Å². The van der Waals surface area contributed by atoms with Gasteiger partial charge in [0.1, 0.15) is 0 Å². The van der Waals surface area contributed by atoms with Crippen LogP contribution in [0.4, 0.5) is 11.4 Å². The molecule has 1 unspecified atom stereocenters. The number of nitro groups is 1. The number of primary amides is 1. The van der Waals surface area contributed by atoms with Crippen molar-refractivity contribution >= 4 is 27.3 Å². The molecular formula is C10H14N4O5S. The average molecular weight is 302 g/mol. The smallest absolute Gasteiger partial charge is 0.289 e. The largest absolute Gasteiger partial charge is 0.399 e. The summed E-state index contributed by atoms with van der Waals surface area (Å²) in [5, 5.41) is 10.8. The number of nitro benzene ring substituents is 1. The number of anilines is 1. The molecule has 1 aromatic rings. The molecule has 0 bridgehead atoms. The molecule has 0 aliphatic rings. The Morgan fingerprint density at radius 1 is 1.50 bits per heavy atom. The second-order valence-electron chi connectivity index (χ2n) is 4.18. The van der Waals surface area contributed by atoms with Crippen molar-refractivity contribution in [2.24, 2.45) is 5.73 Å². The second-order valence-corrected chi connectivity index (χ2v) is 5.86. The van der Waals surface area contributed by atoms with Gasteiger partial charge in [0.2, 0.25) is 15.9 Å². The molecule has 1 aromatic carbocycles. The fourth-order valence-corrected chi connectivity index (χ4v) is 3.02. The van der Waals surface area contributed by atoms with Gasteiger partial charge in [-0.1, -0.05) is 0 Å². The van der Waals surface area contributed by atoms with Gasteiger partial charge in [0, 0.05) is 24.2 Å². The summed E-state index contributed by atoms with van der Waals surface area (Å²) >= 11 is 0. The zero-order chi connectivity index (χ0) is 15.5. The molecule has 0 saturated heterocycles. The molecular weight excluding hydrogens is 288 g/mol. The average Bonchev–Trinajstić information content (AvgIpc) is 2.26. The van der Waals surface area contributed by atoms with Gasteiger partial charge in [-0.3, -0.25) is 14.9 Å². The maximum atomic E-state index is 12.1. The van der Waals surface area contributed by atoms with Gasteiger partial charge in [-0.25, -0.2) is 13.1 Å². The summed E-state index contributed by atoms with van der Waals surface area (Å²) in [5.41, 5.74) is 9.87. The SMILES string of the molecule is CC(CC(N)=O)NS(=O)(=O)c1cc(N)ccc1[N+](=O)[O-]. The topological polar surface area (TPSA) is 158 Å². The van der Waals surface area contributed by atoms with Gasteiger partial charge in [0.15, 0.2) is 4.90 Å². The molecule has 1 amide bonds. The minimum Gasteiger partial charge on any atom is -0.399 e. The molecule has 0 spiro atoms. The molecule has 0 aromatic heterocycles. The van der Waals surface area contributed by atoms with Crippen LogP contribution in [-0.2, 0) is 14.8 Å². The Hall–Kier alpha value is -2.20. The van der Waals surface area contributed by atoms with Crippen molar-refractivity contribution in [2.75, 3.05) is 5.73 Å². The number of hydrogen-bond donors (Lipinski definition) is 3. The number of benzene rings is 1. The molecule has 0 aliphatic heterocycles. The summed E-state index contributed by atoms with van der Waals surface area (Å²) in [5.74, 6) is -0.692. The number of nitrogens with one attached hydrogen (secondary N) is 1. The quantitative estimate of drug-likeness (QED) is 0.372. The first-order chi connectivity index (χ1) is 9.13. The molecule has 1 rings (SSSR count). The highest BCUT2D eigenvalue weighted by molar-refractivity contribution is 7.89. The van der Waals surface area contributed by atoms with Gasteiger partial charge in [-0.15, -0.1) is 0 Å². The second kappa shape index (κ2) is 5.84. The summed E-state index contributed by atoms with van der Waals surface area (Å²) in [6, 6.07) is 2.42. The molecule has 110 valence electrons. The predicted molar refractivity (Wildman–Crippen MR) is 71.1 cm³/mol. The monoisotopic (exact) mass is 302 g/mol. The summed E-state index contributed by atoms with van der Waals surface area (Å²) in [7, 11) is -4.18. The number of sulfonamides is 1. The van der Waals surface area contributed by atoms with Gasteiger partial charge < -0.3 is 11.5 Å². The summed E-state index contributed by atoms with van der Waals surface area (Å²) in [6.45, 7) is 1.42. The fourth-order valence-electron chi connectivity index (χ4n) is 1.57. The maximum absolute atomic E-state index is 12.1. The van der Waals surface area contributed by atoms with Crippen LogP contribution in [0.25, 0.3) is 0 Å². The zero-order valence-corrected chi connectivity index (χ0v) is 11.4. The van der Waals surface area contributed by atoms with Gasteiger partial charge in [-0.05, 0) is 19.1 Å². The van der Waals surface area contributed by atoms with Gasteiger partial charge >= 0.3 is 0 Å². The lowest BCUT2D eigenvalue weighted by Gasteiger charge is -2.13. The molecule has 0 saturated carbocycles. The van der Waals surface area contributed by atoms with E-state index in [1.54, 1.807) is 0 Å². The number of nitrogens with zero attached hydrogens (tertiary/aromatic N) is 1. The van der Waals surface area contributed by atoms with E-state index in [0.29, 0.717) is 0 Å². The first-order valence-corrected chi connectivity index (χ1v) is 6.96. The first-order valence-electron chi connectivity index (χ1n) is 5.48. The Kier molecular flexibility index (Phi) is 4.63. The minimum absolute atomic E-state index is 0.0681. The highest BCUT2D eigenvalue weighted by Crippen LogP contribution is 2.26. The Balaban J connectivity index is 3.18. The summed E-state index contributed by atoms with van der Waals surface area (Å²) in [6.07, 6.45) is -0.227. The lowest BCUT2D eigenvalue weighted by Crippen LogP contribution is -2.36. The number of carbonyl (C=O) groups excluding carboxylic acids is 1. The van der Waals surface area contributed by atoms with Crippen LogP contribution in [0.1, 0.15) is 13.3 Å². The normalized spacial score (nSPS) is 12.8. The van der Waals surface area contributed by atoms with Gasteiger partial charge in [0.05, 0.1) is 4.92 Å². The molecule has 0 fully saturated rings. The Morgan fingerprint density at radius 3 is 2.60 bits per heavy atom. The van der Waals surface area contributed by atoms with Crippen molar-refractivity contribution in [3.63, 3.8) is 0 Å². The third-order valence-corrected chi connectivity index (χ3v) is 3.95. The molecule has 20 heavy (non-hydrogen) atoms. The van der Waals surface area contributed by atoms with Crippen LogP contribution in [-0.4, -0.2) is 25.3 Å². The fraction of sp³-hybridized carbons (Fsp3) is 0.300. The number of rotatable bonds is 6. The van der Waals surface area contributed by atoms with Crippen LogP contribution in [0.5, 0.6) is 0 Å². The van der Waals surface area contributed by atoms with E-state index in [9.17, 15) is 23.3 Å². The predicted octanol–water partition coefficient (Wildman–Crippen LogP) is -0.281. The van der Waals surface area contributed by atoms with E-state index in [1.165, 1.54) is 13.0 Å². The Labute approximate surface area is 115 Å². The molecule has 0 radical (unpaired) electrons. The van der Waals surface area contributed by atoms with Crippen molar-refractivity contribution in [1.82, 2.24) is 4.72 Å². The van der Waals surface area contributed by atoms with Crippen molar-refractivity contribution < 1.29 is 18.1 Å². The number of nitrogen functional groups attached to an aromatic ring is 1. The molecule has 5 N–H and O–H groups in total. The van der Waals surface area contributed by atoms with E-state index in [0.717, 1.165) is 12.1 Å². The lowest BCUT2D eigenvalue weighted by atomic mass is 10.2. The highest BCUT2D eigenvalue weighted by Gasteiger charge is 2.27. The van der Waals surface area contributed by atoms with Crippen LogP contribution >= 0.6 is 0 Å². The Morgan fingerprint density at radius 2 is 2.10 bits per heavy atom. The van der Waals surface area contributed by atoms with E-state index in [-0.39, 0.29) is 12.1 Å². The van der Waals surface area contributed by atoms with Crippen molar-refractivity contribution in [3.8, 4) is 0 Å². The van der Waals surface area contributed by atoms with Crippen molar-refractivity contribution in [2.45, 2.75) is 24.3 Å². The van der Waals surface area contributed by atoms with E-state index in [2.05, 4.69) is 4.72 Å². The number of nitrogens with two attached hydrogens (primary N) is 2.